The quantitative estimate of drug-likeness (QED) is 0.651. The minimum absolute atomic E-state index is 0.0560. The molecule has 0 aliphatic heterocycles. The van der Waals surface area contributed by atoms with E-state index in [-0.39, 0.29) is 11.7 Å². The van der Waals surface area contributed by atoms with Crippen LogP contribution in [-0.4, -0.2) is 31.2 Å². The number of hydrogen-bond acceptors (Lipinski definition) is 7. The van der Waals surface area contributed by atoms with Crippen molar-refractivity contribution in [2.45, 2.75) is 32.0 Å². The van der Waals surface area contributed by atoms with Crippen LogP contribution in [-0.2, 0) is 17.8 Å². The summed E-state index contributed by atoms with van der Waals surface area (Å²) >= 11 is 2.92. The second kappa shape index (κ2) is 7.18. The molecule has 3 heterocycles. The molecule has 24 heavy (non-hydrogen) atoms. The zero-order chi connectivity index (χ0) is 17.1. The van der Waals surface area contributed by atoms with Gasteiger partial charge in [0, 0.05) is 16.1 Å². The number of nitrogens with one attached hydrogen (secondary N) is 1. The summed E-state index contributed by atoms with van der Waals surface area (Å²) in [7, 11) is 0. The molecule has 0 atom stereocenters. The van der Waals surface area contributed by atoms with Gasteiger partial charge >= 0.3 is 0 Å². The second-order valence-electron chi connectivity index (χ2n) is 5.17. The van der Waals surface area contributed by atoms with Crippen LogP contribution in [0, 0.1) is 6.92 Å². The van der Waals surface area contributed by atoms with E-state index in [1.165, 1.54) is 11.8 Å². The van der Waals surface area contributed by atoms with E-state index in [4.69, 9.17) is 5.73 Å². The lowest BCUT2D eigenvalue weighted by molar-refractivity contribution is -0.118. The third kappa shape index (κ3) is 3.36. The summed E-state index contributed by atoms with van der Waals surface area (Å²) in [6.45, 7) is 4.49. The third-order valence-corrected chi connectivity index (χ3v) is 5.38. The molecule has 0 unspecified atom stereocenters. The number of amides is 1. The smallest absolute Gasteiger partial charge is 0.230 e. The Hall–Kier alpha value is -2.13. The average Bonchev–Trinajstić information content (AvgIpc) is 3.21. The van der Waals surface area contributed by atoms with E-state index in [1.807, 2.05) is 31.4 Å². The fraction of sp³-hybridized carbons (Fsp3) is 0.333. The molecule has 3 aromatic rings. The molecule has 126 valence electrons. The van der Waals surface area contributed by atoms with Gasteiger partial charge in [-0.3, -0.25) is 4.79 Å². The number of rotatable bonds is 6. The fourth-order valence-electron chi connectivity index (χ4n) is 2.41. The minimum atomic E-state index is -0.0560. The molecular weight excluding hydrogens is 344 g/mol. The molecule has 9 heteroatoms. The standard InChI is InChI=1S/C15H18N6OS2/c1-3-11-9(2)18-14(16)21-13(11)19-20-15(21)24-8-12(22)17-7-10-5-4-6-23-10/h4-6H,3,7-8H2,1-2H3,(H2,16,18)(H,17,22). The number of nitrogens with two attached hydrogens (primary N) is 1. The lowest BCUT2D eigenvalue weighted by Gasteiger charge is -2.08. The SMILES string of the molecule is CCc1c(C)nc(N)n2c(SCC(=O)NCc3cccs3)nnc12. The van der Waals surface area contributed by atoms with Crippen molar-refractivity contribution in [2.75, 3.05) is 11.5 Å². The first-order valence-electron chi connectivity index (χ1n) is 7.52. The number of carbonyl (C=O) groups excluding carboxylic acids is 1. The zero-order valence-corrected chi connectivity index (χ0v) is 15.1. The van der Waals surface area contributed by atoms with Gasteiger partial charge in [-0.05, 0) is 24.8 Å². The summed E-state index contributed by atoms with van der Waals surface area (Å²) in [5.41, 5.74) is 8.61. The molecule has 3 N–H and O–H groups in total. The van der Waals surface area contributed by atoms with Gasteiger partial charge in [0.15, 0.2) is 10.8 Å². The Morgan fingerprint density at radius 3 is 3.00 bits per heavy atom. The lowest BCUT2D eigenvalue weighted by atomic mass is 10.2. The van der Waals surface area contributed by atoms with E-state index in [0.29, 0.717) is 23.3 Å². The highest BCUT2D eigenvalue weighted by atomic mass is 32.2. The van der Waals surface area contributed by atoms with Crippen molar-refractivity contribution in [1.29, 1.82) is 0 Å². The van der Waals surface area contributed by atoms with Crippen LogP contribution in [0.4, 0.5) is 5.95 Å². The molecule has 0 aliphatic rings. The van der Waals surface area contributed by atoms with Crippen molar-refractivity contribution in [2.24, 2.45) is 0 Å². The minimum Gasteiger partial charge on any atom is -0.369 e. The van der Waals surface area contributed by atoms with E-state index < -0.39 is 0 Å². The first kappa shape index (κ1) is 16.7. The van der Waals surface area contributed by atoms with Gasteiger partial charge in [-0.25, -0.2) is 9.38 Å². The molecule has 0 spiro atoms. The van der Waals surface area contributed by atoms with E-state index in [9.17, 15) is 4.79 Å². The summed E-state index contributed by atoms with van der Waals surface area (Å²) in [5, 5.41) is 13.8. The topological polar surface area (TPSA) is 98.2 Å². The molecule has 3 rings (SSSR count). The van der Waals surface area contributed by atoms with Gasteiger partial charge in [-0.15, -0.1) is 21.5 Å². The van der Waals surface area contributed by atoms with Crippen molar-refractivity contribution in [3.8, 4) is 0 Å². The molecule has 7 nitrogen and oxygen atoms in total. The van der Waals surface area contributed by atoms with Gasteiger partial charge in [-0.1, -0.05) is 24.8 Å². The number of hydrogen-bond donors (Lipinski definition) is 2. The molecule has 1 amide bonds. The fourth-order valence-corrected chi connectivity index (χ4v) is 3.82. The van der Waals surface area contributed by atoms with Gasteiger partial charge in [0.05, 0.1) is 12.3 Å². The molecule has 0 bridgehead atoms. The molecule has 0 saturated carbocycles. The first-order chi connectivity index (χ1) is 11.6. The van der Waals surface area contributed by atoms with Crippen LogP contribution < -0.4 is 11.1 Å². The number of carbonyl (C=O) groups is 1. The summed E-state index contributed by atoms with van der Waals surface area (Å²) in [6.07, 6.45) is 0.798. The average molecular weight is 362 g/mol. The number of thioether (sulfide) groups is 1. The van der Waals surface area contributed by atoms with E-state index >= 15 is 0 Å². The number of thiophene rings is 1. The Morgan fingerprint density at radius 2 is 2.29 bits per heavy atom. The number of nitrogen functional groups attached to an aromatic ring is 1. The number of fused-ring (bicyclic) bond motifs is 1. The van der Waals surface area contributed by atoms with Gasteiger partial charge < -0.3 is 11.1 Å². The van der Waals surface area contributed by atoms with Crippen LogP contribution in [0.1, 0.15) is 23.1 Å². The molecule has 0 saturated heterocycles. The van der Waals surface area contributed by atoms with Gasteiger partial charge in [0.25, 0.3) is 0 Å². The third-order valence-electron chi connectivity index (χ3n) is 3.58. The van der Waals surface area contributed by atoms with Crippen LogP contribution in [0.3, 0.4) is 0 Å². The summed E-state index contributed by atoms with van der Waals surface area (Å²) in [5.74, 6) is 0.534. The van der Waals surface area contributed by atoms with Crippen molar-refractivity contribution >= 4 is 40.6 Å². The van der Waals surface area contributed by atoms with Crippen LogP contribution in [0.25, 0.3) is 5.65 Å². The molecule has 0 aliphatic carbocycles. The Bertz CT molecular complexity index is 859. The zero-order valence-electron chi connectivity index (χ0n) is 13.4. The Labute approximate surface area is 147 Å². The van der Waals surface area contributed by atoms with Crippen molar-refractivity contribution in [3.63, 3.8) is 0 Å². The predicted octanol–water partition coefficient (Wildman–Crippen LogP) is 2.05. The monoisotopic (exact) mass is 362 g/mol. The van der Waals surface area contributed by atoms with Crippen LogP contribution >= 0.6 is 23.1 Å². The maximum absolute atomic E-state index is 12.0. The molecular formula is C15H18N6OS2. The molecule has 0 fully saturated rings. The van der Waals surface area contributed by atoms with Crippen LogP contribution in [0.2, 0.25) is 0 Å². The summed E-state index contributed by atoms with van der Waals surface area (Å²) in [6, 6.07) is 3.96. The van der Waals surface area contributed by atoms with Crippen LogP contribution in [0.15, 0.2) is 22.7 Å². The van der Waals surface area contributed by atoms with Gasteiger partial charge in [-0.2, -0.15) is 0 Å². The first-order valence-corrected chi connectivity index (χ1v) is 9.38. The maximum Gasteiger partial charge on any atom is 0.230 e. The molecule has 3 aromatic heterocycles. The second-order valence-corrected chi connectivity index (χ2v) is 7.15. The number of aryl methyl sites for hydroxylation is 2. The normalized spacial score (nSPS) is 11.1. The summed E-state index contributed by atoms with van der Waals surface area (Å²) < 4.78 is 1.71. The number of aromatic nitrogens is 4. The van der Waals surface area contributed by atoms with Crippen LogP contribution in [0.5, 0.6) is 0 Å². The Balaban J connectivity index is 1.70. The van der Waals surface area contributed by atoms with E-state index in [2.05, 4.69) is 20.5 Å². The van der Waals surface area contributed by atoms with Crippen molar-refractivity contribution in [1.82, 2.24) is 24.9 Å². The highest BCUT2D eigenvalue weighted by Gasteiger charge is 2.16. The van der Waals surface area contributed by atoms with Gasteiger partial charge in [0.1, 0.15) is 0 Å². The van der Waals surface area contributed by atoms with Crippen molar-refractivity contribution in [3.05, 3.63) is 33.6 Å². The Morgan fingerprint density at radius 1 is 1.46 bits per heavy atom. The predicted molar refractivity (Wildman–Crippen MR) is 96.2 cm³/mol. The highest BCUT2D eigenvalue weighted by molar-refractivity contribution is 7.99. The van der Waals surface area contributed by atoms with Gasteiger partial charge in [0.2, 0.25) is 11.9 Å². The lowest BCUT2D eigenvalue weighted by Crippen LogP contribution is -2.24. The maximum atomic E-state index is 12.0. The Kier molecular flexibility index (Phi) is 5.00. The van der Waals surface area contributed by atoms with E-state index in [1.54, 1.807) is 15.7 Å². The molecule has 0 aromatic carbocycles. The summed E-state index contributed by atoms with van der Waals surface area (Å²) in [4.78, 5) is 17.5. The number of anilines is 1. The van der Waals surface area contributed by atoms with Crippen molar-refractivity contribution < 1.29 is 4.79 Å². The van der Waals surface area contributed by atoms with E-state index in [0.717, 1.165) is 22.6 Å². The largest absolute Gasteiger partial charge is 0.369 e. The number of nitrogens with zero attached hydrogens (tertiary/aromatic N) is 4. The molecule has 0 radical (unpaired) electrons. The highest BCUT2D eigenvalue weighted by Crippen LogP contribution is 2.23.